The number of aliphatic hydroxyl groups excluding tert-OH is 1. The molecule has 2 aliphatic heterocycles. The predicted octanol–water partition coefficient (Wildman–Crippen LogP) is 7.17. The highest BCUT2D eigenvalue weighted by molar-refractivity contribution is 7.98. The first-order valence-electron chi connectivity index (χ1n) is 15.1. The van der Waals surface area contributed by atoms with Crippen LogP contribution in [0.4, 0.5) is 5.69 Å². The molecule has 2 N–H and O–H groups in total. The number of aliphatic hydroxyl groups is 1. The van der Waals surface area contributed by atoms with Gasteiger partial charge in [-0.2, -0.15) is 0 Å². The van der Waals surface area contributed by atoms with E-state index in [2.05, 4.69) is 34.8 Å². The van der Waals surface area contributed by atoms with Crippen LogP contribution in [0.15, 0.2) is 48.6 Å². The Hall–Kier alpha value is -2.15. The lowest BCUT2D eigenvalue weighted by Gasteiger charge is -2.42. The fraction of sp³-hybridized carbons (Fsp3) is 0.545. The highest BCUT2D eigenvalue weighted by Gasteiger charge is 2.38. The summed E-state index contributed by atoms with van der Waals surface area (Å²) in [6.45, 7) is 4.41. The van der Waals surface area contributed by atoms with Gasteiger partial charge in [-0.1, -0.05) is 43.2 Å². The molecule has 2 bridgehead atoms. The van der Waals surface area contributed by atoms with E-state index in [0.717, 1.165) is 68.1 Å². The monoisotopic (exact) mass is 580 g/mol. The number of aryl methyl sites for hydroxylation is 1. The first kappa shape index (κ1) is 28.0. The predicted molar refractivity (Wildman–Crippen MR) is 165 cm³/mol. The maximum absolute atomic E-state index is 13.3. The second kappa shape index (κ2) is 12.4. The molecule has 2 aromatic rings. The minimum atomic E-state index is -0.407. The molecule has 2 fully saturated rings. The quantitative estimate of drug-likeness (QED) is 0.296. The third kappa shape index (κ3) is 6.19. The van der Waals surface area contributed by atoms with Crippen molar-refractivity contribution in [2.24, 2.45) is 17.8 Å². The highest BCUT2D eigenvalue weighted by Crippen LogP contribution is 2.43. The summed E-state index contributed by atoms with van der Waals surface area (Å²) in [6, 6.07) is 12.1. The van der Waals surface area contributed by atoms with E-state index in [4.69, 9.17) is 16.3 Å². The molecule has 7 heteroatoms. The highest BCUT2D eigenvalue weighted by atomic mass is 35.5. The van der Waals surface area contributed by atoms with Crippen LogP contribution in [0.25, 0.3) is 0 Å². The van der Waals surface area contributed by atoms with Gasteiger partial charge in [-0.05, 0) is 116 Å². The molecule has 0 saturated heterocycles. The van der Waals surface area contributed by atoms with E-state index in [1.165, 1.54) is 24.0 Å². The van der Waals surface area contributed by atoms with E-state index in [0.29, 0.717) is 29.3 Å². The molecule has 2 aliphatic carbocycles. The van der Waals surface area contributed by atoms with Crippen LogP contribution in [0, 0.1) is 17.8 Å². The molecular weight excluding hydrogens is 540 g/mol. The largest absolute Gasteiger partial charge is 0.491 e. The van der Waals surface area contributed by atoms with Gasteiger partial charge < -0.3 is 14.7 Å². The molecule has 5 atom stereocenters. The number of nitrogens with one attached hydrogen (secondary N) is 1. The van der Waals surface area contributed by atoms with Gasteiger partial charge in [0.2, 0.25) is 0 Å². The molecule has 0 aromatic heterocycles. The number of rotatable bonds is 4. The number of carbonyl (C=O) groups is 1. The molecule has 0 radical (unpaired) electrons. The van der Waals surface area contributed by atoms with Gasteiger partial charge in [0.05, 0.1) is 18.4 Å². The van der Waals surface area contributed by atoms with Crippen molar-refractivity contribution in [3.05, 3.63) is 70.3 Å². The number of fused-ring (bicyclic) bond motifs is 2. The third-order valence-electron chi connectivity index (χ3n) is 9.28. The van der Waals surface area contributed by atoms with Crippen molar-refractivity contribution in [1.29, 1.82) is 0 Å². The average molecular weight is 581 g/mol. The number of benzene rings is 2. The minimum Gasteiger partial charge on any atom is -0.491 e. The lowest BCUT2D eigenvalue weighted by Crippen LogP contribution is -2.44. The van der Waals surface area contributed by atoms with Gasteiger partial charge in [0, 0.05) is 34.8 Å². The summed E-state index contributed by atoms with van der Waals surface area (Å²) in [7, 11) is 0. The first-order valence-corrected chi connectivity index (χ1v) is 16.4. The summed E-state index contributed by atoms with van der Waals surface area (Å²) in [5.41, 5.74) is 4.23. The van der Waals surface area contributed by atoms with Crippen LogP contribution in [0.2, 0.25) is 5.02 Å². The summed E-state index contributed by atoms with van der Waals surface area (Å²) >= 11 is 7.98. The number of carbonyl (C=O) groups excluding carboxylic acids is 1. The van der Waals surface area contributed by atoms with Gasteiger partial charge in [0.15, 0.2) is 0 Å². The minimum absolute atomic E-state index is 0.0401. The number of amides is 1. The number of ether oxygens (including phenoxy) is 1. The average Bonchev–Trinajstić information content (AvgIpc) is 3.78. The molecule has 40 heavy (non-hydrogen) atoms. The molecule has 4 aliphatic rings. The van der Waals surface area contributed by atoms with Crippen LogP contribution in [-0.2, 0) is 6.42 Å². The third-order valence-corrected chi connectivity index (χ3v) is 10.7. The molecule has 1 amide bonds. The van der Waals surface area contributed by atoms with Crippen molar-refractivity contribution in [3.8, 4) is 5.75 Å². The first-order chi connectivity index (χ1) is 19.5. The van der Waals surface area contributed by atoms with E-state index in [1.807, 2.05) is 30.3 Å². The molecule has 5 nitrogen and oxygen atoms in total. The number of allylic oxidation sites excluding steroid dienone is 1. The topological polar surface area (TPSA) is 61.8 Å². The van der Waals surface area contributed by atoms with E-state index in [1.54, 1.807) is 11.9 Å². The summed E-state index contributed by atoms with van der Waals surface area (Å²) in [6.07, 6.45) is 12.4. The van der Waals surface area contributed by atoms with E-state index in [-0.39, 0.29) is 17.7 Å². The van der Waals surface area contributed by atoms with Crippen molar-refractivity contribution >= 4 is 35.1 Å². The second-order valence-corrected chi connectivity index (χ2v) is 13.6. The van der Waals surface area contributed by atoms with Crippen LogP contribution in [0.3, 0.4) is 0 Å². The Morgan fingerprint density at radius 2 is 1.93 bits per heavy atom. The number of nitrogens with zero attached hydrogens (tertiary/aromatic N) is 1. The molecule has 5 unspecified atom stereocenters. The number of hydrogen-bond donors (Lipinski definition) is 2. The fourth-order valence-electron chi connectivity index (χ4n) is 6.69. The molecular formula is C33H41ClN2O3S. The summed E-state index contributed by atoms with van der Waals surface area (Å²) in [4.78, 5) is 15.7. The van der Waals surface area contributed by atoms with Crippen molar-refractivity contribution in [2.75, 3.05) is 24.6 Å². The summed E-state index contributed by atoms with van der Waals surface area (Å²) < 4.78 is 9.63. The zero-order valence-corrected chi connectivity index (χ0v) is 24.9. The molecule has 0 spiro atoms. The summed E-state index contributed by atoms with van der Waals surface area (Å²) in [5.74, 6) is 2.30. The number of anilines is 1. The molecule has 214 valence electrons. The summed E-state index contributed by atoms with van der Waals surface area (Å²) in [5, 5.41) is 12.3. The Labute approximate surface area is 247 Å². The second-order valence-electron chi connectivity index (χ2n) is 12.1. The van der Waals surface area contributed by atoms with Crippen molar-refractivity contribution < 1.29 is 14.6 Å². The SMILES string of the molecule is CCCc1cc(Cl)ccc1C1COc2ccc3cc2N(C1)CC1CCC1C(O)/C=C/CCC(C1CC1)SNC3=O. The van der Waals surface area contributed by atoms with Crippen molar-refractivity contribution in [3.63, 3.8) is 0 Å². The Bertz CT molecular complexity index is 1250. The zero-order valence-electron chi connectivity index (χ0n) is 23.4. The van der Waals surface area contributed by atoms with E-state index >= 15 is 0 Å². The van der Waals surface area contributed by atoms with Crippen LogP contribution >= 0.6 is 23.5 Å². The number of hydrogen-bond acceptors (Lipinski definition) is 5. The van der Waals surface area contributed by atoms with E-state index < -0.39 is 6.10 Å². The van der Waals surface area contributed by atoms with Crippen LogP contribution < -0.4 is 14.4 Å². The lowest BCUT2D eigenvalue weighted by atomic mass is 9.70. The Morgan fingerprint density at radius 3 is 2.70 bits per heavy atom. The van der Waals surface area contributed by atoms with Gasteiger partial charge in [-0.3, -0.25) is 9.52 Å². The van der Waals surface area contributed by atoms with Crippen molar-refractivity contribution in [2.45, 2.75) is 75.6 Å². The van der Waals surface area contributed by atoms with Gasteiger partial charge in [0.25, 0.3) is 5.91 Å². The van der Waals surface area contributed by atoms with E-state index in [9.17, 15) is 9.90 Å². The maximum Gasteiger partial charge on any atom is 0.261 e. The Kier molecular flexibility index (Phi) is 8.66. The fourth-order valence-corrected chi connectivity index (χ4v) is 7.98. The number of halogens is 1. The lowest BCUT2D eigenvalue weighted by molar-refractivity contribution is 0.0461. The van der Waals surface area contributed by atoms with Crippen LogP contribution in [0.1, 0.15) is 79.3 Å². The molecule has 2 aromatic carbocycles. The molecule has 2 heterocycles. The van der Waals surface area contributed by atoms with Crippen LogP contribution in [-0.4, -0.2) is 42.1 Å². The van der Waals surface area contributed by atoms with Gasteiger partial charge in [-0.15, -0.1) is 0 Å². The maximum atomic E-state index is 13.3. The van der Waals surface area contributed by atoms with Gasteiger partial charge in [-0.25, -0.2) is 0 Å². The Balaban J connectivity index is 1.33. The van der Waals surface area contributed by atoms with Crippen LogP contribution in [0.5, 0.6) is 5.75 Å². The smallest absolute Gasteiger partial charge is 0.261 e. The standard InChI is InChI=1S/C33H41ClN2O3S/c1-2-5-22-16-26(34)12-14-27(22)25-19-36-18-24-10-13-28(24)30(37)6-3-4-7-32(21-8-9-21)40-35-33(38)23-11-15-31(39-20-25)29(36)17-23/h3,6,11-12,14-17,21,24-25,28,30,32,37H,2,4-5,7-10,13,18-20H2,1H3,(H,35,38)/b6-3+. The zero-order chi connectivity index (χ0) is 27.6. The van der Waals surface area contributed by atoms with Gasteiger partial charge in [0.1, 0.15) is 5.75 Å². The molecule has 2 saturated carbocycles. The Morgan fingerprint density at radius 1 is 1.07 bits per heavy atom. The molecule has 6 rings (SSSR count). The van der Waals surface area contributed by atoms with Gasteiger partial charge >= 0.3 is 0 Å². The normalized spacial score (nSPS) is 29.8. The van der Waals surface area contributed by atoms with Crippen molar-refractivity contribution in [1.82, 2.24) is 4.72 Å².